The molecule has 0 saturated heterocycles. The van der Waals surface area contributed by atoms with Gasteiger partial charge >= 0.3 is 15.6 Å². The van der Waals surface area contributed by atoms with Gasteiger partial charge < -0.3 is 18.6 Å². The highest BCUT2D eigenvalue weighted by molar-refractivity contribution is 7.88. The minimum atomic E-state index is -6.17. The first-order chi connectivity index (χ1) is 21.2. The summed E-state index contributed by atoms with van der Waals surface area (Å²) in [5.41, 5.74) is -5.93. The van der Waals surface area contributed by atoms with Crippen molar-refractivity contribution < 1.29 is 48.8 Å². The standard InChI is InChI=1S/C28H25F5N4O6S2/c1-5-22(38)36-13-17-12-20(35-37(17)15(3)14(36)2)25-24(23-19(30)10-16(29)11-21(23)42-8-7-41-4)26-18(6-9-44-26)27(34-25)43-45(39,40)28(31,32)33/h5-6,9-12,14-15H,1,7-8,13H2,2-4H3/t14-,15+/m1/s1. The van der Waals surface area contributed by atoms with Gasteiger partial charge in [-0.1, -0.05) is 6.58 Å². The molecule has 1 aliphatic heterocycles. The topological polar surface area (TPSA) is 113 Å². The number of amides is 1. The molecule has 0 fully saturated rings. The predicted octanol–water partition coefficient (Wildman–Crippen LogP) is 5.84. The molecule has 0 spiro atoms. The molecule has 1 aliphatic rings. The maximum atomic E-state index is 15.8. The summed E-state index contributed by atoms with van der Waals surface area (Å²) in [4.78, 5) is 18.3. The van der Waals surface area contributed by atoms with Gasteiger partial charge in [-0.2, -0.15) is 26.7 Å². The Morgan fingerprint density at radius 3 is 2.56 bits per heavy atom. The molecule has 1 amide bonds. The van der Waals surface area contributed by atoms with Crippen molar-refractivity contribution in [2.24, 2.45) is 0 Å². The van der Waals surface area contributed by atoms with Gasteiger partial charge in [0.2, 0.25) is 11.8 Å². The highest BCUT2D eigenvalue weighted by Gasteiger charge is 2.49. The van der Waals surface area contributed by atoms with Crippen molar-refractivity contribution in [3.8, 4) is 34.1 Å². The minimum Gasteiger partial charge on any atom is -0.490 e. The summed E-state index contributed by atoms with van der Waals surface area (Å²) in [5, 5.41) is 5.83. The average molecular weight is 673 g/mol. The number of carbonyl (C=O) groups excluding carboxylic acids is 1. The Hall–Kier alpha value is -4.09. The van der Waals surface area contributed by atoms with Gasteiger partial charge in [-0.3, -0.25) is 9.48 Å². The number of methoxy groups -OCH3 is 1. The zero-order valence-electron chi connectivity index (χ0n) is 23.9. The van der Waals surface area contributed by atoms with Gasteiger partial charge in [0.25, 0.3) is 0 Å². The molecule has 0 unspecified atom stereocenters. The van der Waals surface area contributed by atoms with Crippen molar-refractivity contribution in [1.29, 1.82) is 0 Å². The number of halogens is 5. The maximum Gasteiger partial charge on any atom is 0.534 e. The summed E-state index contributed by atoms with van der Waals surface area (Å²) in [6.07, 6.45) is 1.16. The third kappa shape index (κ3) is 5.86. The lowest BCUT2D eigenvalue weighted by Gasteiger charge is -2.37. The molecule has 45 heavy (non-hydrogen) atoms. The molecule has 0 aliphatic carbocycles. The fourth-order valence-corrected chi connectivity index (χ4v) is 6.34. The Morgan fingerprint density at radius 1 is 1.16 bits per heavy atom. The second-order valence-corrected chi connectivity index (χ2v) is 12.5. The predicted molar refractivity (Wildman–Crippen MR) is 154 cm³/mol. The van der Waals surface area contributed by atoms with Crippen LogP contribution < -0.4 is 8.92 Å². The number of aromatic nitrogens is 3. The molecule has 0 saturated carbocycles. The monoisotopic (exact) mass is 672 g/mol. The average Bonchev–Trinajstić information content (AvgIpc) is 3.62. The molecule has 5 rings (SSSR count). The van der Waals surface area contributed by atoms with E-state index in [4.69, 9.17) is 9.47 Å². The lowest BCUT2D eigenvalue weighted by atomic mass is 9.98. The number of fused-ring (bicyclic) bond motifs is 2. The first-order valence-corrected chi connectivity index (χ1v) is 15.5. The second-order valence-electron chi connectivity index (χ2n) is 10.0. The summed E-state index contributed by atoms with van der Waals surface area (Å²) >= 11 is 0.923. The van der Waals surface area contributed by atoms with E-state index in [1.54, 1.807) is 23.4 Å². The van der Waals surface area contributed by atoms with Crippen molar-refractivity contribution in [2.45, 2.75) is 38.0 Å². The van der Waals surface area contributed by atoms with Gasteiger partial charge in [0.05, 0.1) is 46.6 Å². The van der Waals surface area contributed by atoms with Crippen LogP contribution >= 0.6 is 11.3 Å². The van der Waals surface area contributed by atoms with Crippen molar-refractivity contribution in [3.63, 3.8) is 0 Å². The van der Waals surface area contributed by atoms with Gasteiger partial charge in [-0.05, 0) is 37.4 Å². The molecule has 4 aromatic rings. The summed E-state index contributed by atoms with van der Waals surface area (Å²) in [7, 11) is -4.77. The Bertz CT molecular complexity index is 1910. The Kier molecular flexibility index (Phi) is 8.63. The van der Waals surface area contributed by atoms with Gasteiger partial charge in [0, 0.05) is 24.8 Å². The minimum absolute atomic E-state index is 0.0110. The fourth-order valence-electron chi connectivity index (χ4n) is 4.97. The number of nitrogens with zero attached hydrogens (tertiary/aromatic N) is 4. The van der Waals surface area contributed by atoms with E-state index in [-0.39, 0.29) is 70.1 Å². The molecule has 17 heteroatoms. The number of thiophene rings is 1. The number of ether oxygens (including phenoxy) is 2. The van der Waals surface area contributed by atoms with Crippen molar-refractivity contribution in [2.75, 3.05) is 20.3 Å². The molecule has 2 atom stereocenters. The Balaban J connectivity index is 1.81. The third-order valence-electron chi connectivity index (χ3n) is 7.28. The van der Waals surface area contributed by atoms with Gasteiger partial charge in [-0.25, -0.2) is 13.8 Å². The van der Waals surface area contributed by atoms with Crippen LogP contribution in [0.1, 0.15) is 25.6 Å². The summed E-state index contributed by atoms with van der Waals surface area (Å²) in [6.45, 7) is 7.13. The summed E-state index contributed by atoms with van der Waals surface area (Å²) < 4.78 is 111. The SMILES string of the molecule is C=CC(=O)N1Cc2cc(-c3nc(OS(=O)(=O)C(F)(F)F)c4ccsc4c3-c3c(F)cc(F)cc3OCCOC)nn2[C@@H](C)[C@H]1C. The zero-order chi connectivity index (χ0) is 32.8. The smallest absolute Gasteiger partial charge is 0.490 e. The maximum absolute atomic E-state index is 15.8. The number of carbonyl (C=O) groups is 1. The van der Waals surface area contributed by atoms with Crippen LogP contribution in [0.15, 0.2) is 42.3 Å². The van der Waals surface area contributed by atoms with Crippen LogP contribution in [0, 0.1) is 11.6 Å². The molecule has 0 bridgehead atoms. The van der Waals surface area contributed by atoms with E-state index in [0.717, 1.165) is 23.5 Å². The van der Waals surface area contributed by atoms with E-state index in [1.165, 1.54) is 24.6 Å². The molecule has 0 N–H and O–H groups in total. The number of benzene rings is 1. The molecule has 1 aromatic carbocycles. The van der Waals surface area contributed by atoms with E-state index < -0.39 is 39.2 Å². The number of pyridine rings is 1. The van der Waals surface area contributed by atoms with Gasteiger partial charge in [0.15, 0.2) is 0 Å². The molecular weight excluding hydrogens is 647 g/mol. The first kappa shape index (κ1) is 32.3. The van der Waals surface area contributed by atoms with Crippen LogP contribution in [0.4, 0.5) is 22.0 Å². The number of alkyl halides is 3. The Morgan fingerprint density at radius 2 is 1.89 bits per heavy atom. The van der Waals surface area contributed by atoms with Crippen molar-refractivity contribution in [1.82, 2.24) is 19.7 Å². The quantitative estimate of drug-likeness (QED) is 0.0718. The number of hydrogen-bond donors (Lipinski definition) is 0. The lowest BCUT2D eigenvalue weighted by molar-refractivity contribution is -0.130. The third-order valence-corrected chi connectivity index (χ3v) is 9.16. The van der Waals surface area contributed by atoms with E-state index in [1.807, 2.05) is 0 Å². The van der Waals surface area contributed by atoms with Crippen LogP contribution in [-0.2, 0) is 26.2 Å². The lowest BCUT2D eigenvalue weighted by Crippen LogP contribution is -2.46. The van der Waals surface area contributed by atoms with Crippen molar-refractivity contribution >= 4 is 37.4 Å². The van der Waals surface area contributed by atoms with E-state index in [0.29, 0.717) is 11.8 Å². The second kappa shape index (κ2) is 12.0. The highest BCUT2D eigenvalue weighted by atomic mass is 32.2. The molecule has 4 heterocycles. The van der Waals surface area contributed by atoms with Crippen LogP contribution in [0.5, 0.6) is 11.6 Å². The van der Waals surface area contributed by atoms with Crippen LogP contribution in [0.25, 0.3) is 32.6 Å². The van der Waals surface area contributed by atoms with E-state index in [9.17, 15) is 30.8 Å². The zero-order valence-corrected chi connectivity index (χ0v) is 25.5. The van der Waals surface area contributed by atoms with Crippen LogP contribution in [-0.4, -0.2) is 65.9 Å². The number of hydrogen-bond acceptors (Lipinski definition) is 9. The molecule has 3 aromatic heterocycles. The normalized spacial score (nSPS) is 16.9. The largest absolute Gasteiger partial charge is 0.534 e. The molecular formula is C28H25F5N4O6S2. The molecule has 240 valence electrons. The van der Waals surface area contributed by atoms with Crippen LogP contribution in [0.3, 0.4) is 0 Å². The number of rotatable bonds is 9. The van der Waals surface area contributed by atoms with Crippen molar-refractivity contribution in [3.05, 3.63) is 59.6 Å². The fraction of sp³-hybridized carbons (Fsp3) is 0.321. The molecule has 0 radical (unpaired) electrons. The highest BCUT2D eigenvalue weighted by Crippen LogP contribution is 2.48. The first-order valence-electron chi connectivity index (χ1n) is 13.2. The summed E-state index contributed by atoms with van der Waals surface area (Å²) in [5.74, 6) is -3.61. The van der Waals surface area contributed by atoms with E-state index in [2.05, 4.69) is 20.8 Å². The van der Waals surface area contributed by atoms with E-state index >= 15 is 4.39 Å². The van der Waals surface area contributed by atoms with Crippen LogP contribution in [0.2, 0.25) is 0 Å². The Labute approximate surface area is 257 Å². The summed E-state index contributed by atoms with van der Waals surface area (Å²) in [6, 6.07) is 3.52. The van der Waals surface area contributed by atoms with Gasteiger partial charge in [0.1, 0.15) is 35.4 Å². The molecule has 10 nitrogen and oxygen atoms in total. The van der Waals surface area contributed by atoms with Gasteiger partial charge in [-0.15, -0.1) is 11.3 Å².